The Hall–Kier alpha value is -3.31. The van der Waals surface area contributed by atoms with Gasteiger partial charge in [-0.3, -0.25) is 5.10 Å². The zero-order valence-electron chi connectivity index (χ0n) is 20.3. The summed E-state index contributed by atoms with van der Waals surface area (Å²) in [4.78, 5) is 3.91. The minimum absolute atomic E-state index is 0.0486. The first kappa shape index (κ1) is 24.1. The maximum atomic E-state index is 13.8. The Morgan fingerprint density at radius 2 is 2.03 bits per heavy atom. The Bertz CT molecular complexity index is 1430. The van der Waals surface area contributed by atoms with Crippen LogP contribution in [0.1, 0.15) is 60.8 Å². The fourth-order valence-corrected chi connectivity index (χ4v) is 5.38. The first-order valence-electron chi connectivity index (χ1n) is 12.6. The van der Waals surface area contributed by atoms with Crippen molar-refractivity contribution in [2.24, 2.45) is 13.0 Å². The van der Waals surface area contributed by atoms with Gasteiger partial charge in [0.25, 0.3) is 0 Å². The Kier molecular flexibility index (Phi) is 5.99. The minimum Gasteiger partial charge on any atom is -0.392 e. The van der Waals surface area contributed by atoms with E-state index in [0.29, 0.717) is 28.9 Å². The number of aryl methyl sites for hydroxylation is 1. The maximum Gasteiger partial charge on any atom is 0.433 e. The standard InChI is InChI=1S/C26H28F3N7O/c1-36-13-31-35-25(36)22(14-4-2-5-14)15-6-3-7-16(10-15)23-17-11-21(26(27,28)29)32-19(24(17)34-33-23)12-30-18-8-9-20(18)37/h3,6-7,10-11,13-14,18,20,22,30,37H,2,4-5,8-9,12H2,1H3,(H,33,34). The summed E-state index contributed by atoms with van der Waals surface area (Å²) in [6.07, 6.45) is 1.43. The van der Waals surface area contributed by atoms with Crippen LogP contribution >= 0.6 is 0 Å². The molecule has 2 saturated carbocycles. The maximum absolute atomic E-state index is 13.8. The summed E-state index contributed by atoms with van der Waals surface area (Å²) in [5, 5.41) is 29.2. The lowest BCUT2D eigenvalue weighted by atomic mass is 9.72. The van der Waals surface area contributed by atoms with Gasteiger partial charge in [-0.05, 0) is 49.3 Å². The number of nitrogens with zero attached hydrogens (tertiary/aromatic N) is 5. The molecule has 0 amide bonds. The second-order valence-electron chi connectivity index (χ2n) is 10.2. The molecule has 2 aliphatic rings. The number of pyridine rings is 1. The average molecular weight is 512 g/mol. The lowest BCUT2D eigenvalue weighted by Crippen LogP contribution is -2.47. The predicted molar refractivity (Wildman–Crippen MR) is 130 cm³/mol. The molecule has 3 heterocycles. The average Bonchev–Trinajstić information content (AvgIpc) is 3.46. The zero-order chi connectivity index (χ0) is 25.7. The highest BCUT2D eigenvalue weighted by Crippen LogP contribution is 2.43. The van der Waals surface area contributed by atoms with Crippen LogP contribution in [0.5, 0.6) is 0 Å². The second kappa shape index (κ2) is 9.21. The normalized spacial score (nSPS) is 21.1. The highest BCUT2D eigenvalue weighted by atomic mass is 19.4. The molecule has 0 radical (unpaired) electrons. The van der Waals surface area contributed by atoms with E-state index in [2.05, 4.69) is 30.7 Å². The molecule has 0 aliphatic heterocycles. The van der Waals surface area contributed by atoms with Gasteiger partial charge in [-0.2, -0.15) is 18.3 Å². The zero-order valence-corrected chi connectivity index (χ0v) is 20.3. The van der Waals surface area contributed by atoms with Crippen LogP contribution in [0, 0.1) is 5.92 Å². The van der Waals surface area contributed by atoms with E-state index < -0.39 is 18.0 Å². The number of alkyl halides is 3. The van der Waals surface area contributed by atoms with Crippen molar-refractivity contribution < 1.29 is 18.3 Å². The molecule has 8 nitrogen and oxygen atoms in total. The summed E-state index contributed by atoms with van der Waals surface area (Å²) in [6.45, 7) is 0.0970. The van der Waals surface area contributed by atoms with Gasteiger partial charge in [0.05, 0.1) is 17.3 Å². The van der Waals surface area contributed by atoms with Gasteiger partial charge in [-0.1, -0.05) is 24.6 Å². The number of benzene rings is 1. The molecule has 3 N–H and O–H groups in total. The van der Waals surface area contributed by atoms with Crippen molar-refractivity contribution in [1.82, 2.24) is 35.3 Å². The molecule has 2 aliphatic carbocycles. The molecule has 37 heavy (non-hydrogen) atoms. The number of hydrogen-bond donors (Lipinski definition) is 3. The van der Waals surface area contributed by atoms with E-state index in [1.807, 2.05) is 35.9 Å². The lowest BCUT2D eigenvalue weighted by molar-refractivity contribution is -0.141. The molecule has 3 aromatic heterocycles. The molecule has 0 bridgehead atoms. The van der Waals surface area contributed by atoms with Crippen molar-refractivity contribution in [3.8, 4) is 11.3 Å². The highest BCUT2D eigenvalue weighted by Gasteiger charge is 2.36. The van der Waals surface area contributed by atoms with Crippen molar-refractivity contribution in [1.29, 1.82) is 0 Å². The van der Waals surface area contributed by atoms with Crippen LogP contribution in [0.2, 0.25) is 0 Å². The number of H-pyrrole nitrogens is 1. The van der Waals surface area contributed by atoms with E-state index in [1.165, 1.54) is 6.42 Å². The van der Waals surface area contributed by atoms with Crippen LogP contribution in [0.4, 0.5) is 13.2 Å². The summed E-state index contributed by atoms with van der Waals surface area (Å²) >= 11 is 0. The first-order chi connectivity index (χ1) is 17.8. The van der Waals surface area contributed by atoms with Crippen molar-refractivity contribution in [2.45, 2.75) is 62.9 Å². The van der Waals surface area contributed by atoms with E-state index in [0.717, 1.165) is 42.3 Å². The summed E-state index contributed by atoms with van der Waals surface area (Å²) in [5.41, 5.74) is 1.93. The van der Waals surface area contributed by atoms with E-state index in [4.69, 9.17) is 0 Å². The largest absolute Gasteiger partial charge is 0.433 e. The molecule has 3 atom stereocenters. The van der Waals surface area contributed by atoms with Crippen LogP contribution in [-0.2, 0) is 19.8 Å². The monoisotopic (exact) mass is 511 g/mol. The lowest BCUT2D eigenvalue weighted by Gasteiger charge is -2.33. The van der Waals surface area contributed by atoms with Crippen LogP contribution in [0.15, 0.2) is 36.7 Å². The van der Waals surface area contributed by atoms with Gasteiger partial charge in [0, 0.05) is 36.5 Å². The van der Waals surface area contributed by atoms with Gasteiger partial charge < -0.3 is 15.0 Å². The van der Waals surface area contributed by atoms with E-state index >= 15 is 0 Å². The van der Waals surface area contributed by atoms with Gasteiger partial charge in [0.15, 0.2) is 0 Å². The topological polar surface area (TPSA) is 105 Å². The van der Waals surface area contributed by atoms with Crippen molar-refractivity contribution >= 4 is 10.9 Å². The number of aliphatic hydroxyl groups excluding tert-OH is 1. The molecule has 4 aromatic rings. The van der Waals surface area contributed by atoms with E-state index in [-0.39, 0.29) is 24.2 Å². The fourth-order valence-electron chi connectivity index (χ4n) is 5.38. The quantitative estimate of drug-likeness (QED) is 0.342. The molecule has 6 rings (SSSR count). The number of halogens is 3. The molecular weight excluding hydrogens is 483 g/mol. The number of aromatic nitrogens is 6. The van der Waals surface area contributed by atoms with Gasteiger partial charge in [0.2, 0.25) is 0 Å². The molecule has 1 aromatic carbocycles. The number of fused-ring (bicyclic) bond motifs is 1. The van der Waals surface area contributed by atoms with Crippen LogP contribution in [0.25, 0.3) is 22.2 Å². The molecular formula is C26H28F3N7O. The van der Waals surface area contributed by atoms with E-state index in [9.17, 15) is 18.3 Å². The van der Waals surface area contributed by atoms with Gasteiger partial charge in [0.1, 0.15) is 23.5 Å². The van der Waals surface area contributed by atoms with Crippen molar-refractivity contribution in [2.75, 3.05) is 0 Å². The number of nitrogens with one attached hydrogen (secondary N) is 2. The summed E-state index contributed by atoms with van der Waals surface area (Å²) in [5.74, 6) is 1.37. The van der Waals surface area contributed by atoms with Crippen LogP contribution in [-0.4, -0.2) is 47.2 Å². The molecule has 2 fully saturated rings. The van der Waals surface area contributed by atoms with Crippen molar-refractivity contribution in [3.63, 3.8) is 0 Å². The second-order valence-corrected chi connectivity index (χ2v) is 10.2. The highest BCUT2D eigenvalue weighted by molar-refractivity contribution is 5.94. The molecule has 194 valence electrons. The SMILES string of the molecule is Cn1cnnc1C(c1cccc(-c2n[nH]c3c(CNC4CCC4O)nc(C(F)(F)F)cc23)c1)C1CCC1. The Labute approximate surface area is 211 Å². The Morgan fingerprint density at radius 3 is 2.65 bits per heavy atom. The first-order valence-corrected chi connectivity index (χ1v) is 12.6. The van der Waals surface area contributed by atoms with Crippen molar-refractivity contribution in [3.05, 3.63) is 59.4 Å². The summed E-state index contributed by atoms with van der Waals surface area (Å²) in [6, 6.07) is 8.74. The summed E-state index contributed by atoms with van der Waals surface area (Å²) < 4.78 is 43.3. The van der Waals surface area contributed by atoms with Gasteiger partial charge in [-0.25, -0.2) is 4.98 Å². The number of aromatic amines is 1. The minimum atomic E-state index is -4.60. The predicted octanol–water partition coefficient (Wildman–Crippen LogP) is 4.32. The molecule has 0 saturated heterocycles. The number of hydrogen-bond acceptors (Lipinski definition) is 6. The molecule has 11 heteroatoms. The smallest absolute Gasteiger partial charge is 0.392 e. The third-order valence-corrected chi connectivity index (χ3v) is 7.85. The van der Waals surface area contributed by atoms with E-state index in [1.54, 1.807) is 6.33 Å². The number of aliphatic hydroxyl groups is 1. The molecule has 3 unspecified atom stereocenters. The van der Waals surface area contributed by atoms with Crippen LogP contribution < -0.4 is 5.32 Å². The van der Waals surface area contributed by atoms with Crippen LogP contribution in [0.3, 0.4) is 0 Å². The Morgan fingerprint density at radius 1 is 1.19 bits per heavy atom. The third-order valence-electron chi connectivity index (χ3n) is 7.85. The van der Waals surface area contributed by atoms with Gasteiger partial charge in [-0.15, -0.1) is 10.2 Å². The summed E-state index contributed by atoms with van der Waals surface area (Å²) in [7, 11) is 1.93. The number of rotatable bonds is 7. The fraction of sp³-hybridized carbons (Fsp3) is 0.462. The van der Waals surface area contributed by atoms with Gasteiger partial charge >= 0.3 is 6.18 Å². The Balaban J connectivity index is 1.41. The molecule has 0 spiro atoms. The third kappa shape index (κ3) is 4.40.